The fraction of sp³-hybridized carbons (Fsp3) is 0.375. The van der Waals surface area contributed by atoms with E-state index in [0.29, 0.717) is 98.0 Å². The van der Waals surface area contributed by atoms with Gasteiger partial charge in [0, 0.05) is 36.8 Å². The molecule has 0 atom stereocenters. The number of halogens is 2. The molecular formula is C32H34F2N6O6S. The number of benzene rings is 2. The van der Waals surface area contributed by atoms with Gasteiger partial charge in [0.1, 0.15) is 17.3 Å². The molecule has 0 saturated carbocycles. The number of pyridine rings is 1. The van der Waals surface area contributed by atoms with Crippen LogP contribution < -0.4 is 14.4 Å². The van der Waals surface area contributed by atoms with Crippen molar-refractivity contribution in [2.24, 2.45) is 0 Å². The van der Waals surface area contributed by atoms with E-state index in [1.165, 1.54) is 31.5 Å². The zero-order valence-electron chi connectivity index (χ0n) is 25.9. The number of fused-ring (bicyclic) bond motifs is 1. The Balaban J connectivity index is 1.35. The van der Waals surface area contributed by atoms with Gasteiger partial charge in [-0.1, -0.05) is 6.07 Å². The summed E-state index contributed by atoms with van der Waals surface area (Å²) in [6.45, 7) is 3.70. The summed E-state index contributed by atoms with van der Waals surface area (Å²) in [6, 6.07) is 8.41. The first-order valence-corrected chi connectivity index (χ1v) is 17.0. The van der Waals surface area contributed by atoms with E-state index in [4.69, 9.17) is 19.4 Å². The van der Waals surface area contributed by atoms with E-state index >= 15 is 4.39 Å². The van der Waals surface area contributed by atoms with Crippen LogP contribution in [0.1, 0.15) is 40.2 Å². The zero-order chi connectivity index (χ0) is 33.3. The monoisotopic (exact) mass is 668 g/mol. The number of hydrogen-bond donors (Lipinski definition) is 2. The van der Waals surface area contributed by atoms with Crippen molar-refractivity contribution >= 4 is 38.5 Å². The van der Waals surface area contributed by atoms with Gasteiger partial charge < -0.3 is 19.5 Å². The van der Waals surface area contributed by atoms with Gasteiger partial charge in [0.2, 0.25) is 21.9 Å². The number of aromatic carboxylic acids is 1. The molecule has 0 unspecified atom stereocenters. The second-order valence-corrected chi connectivity index (χ2v) is 13.4. The minimum atomic E-state index is -3.67. The molecule has 2 saturated heterocycles. The number of carbonyl (C=O) groups is 1. The average molecular weight is 669 g/mol. The van der Waals surface area contributed by atoms with E-state index in [0.717, 1.165) is 12.3 Å². The van der Waals surface area contributed by atoms with Crippen LogP contribution in [0.4, 0.5) is 20.4 Å². The summed E-state index contributed by atoms with van der Waals surface area (Å²) in [7, 11) is -2.29. The highest BCUT2D eigenvalue weighted by atomic mass is 32.2. The third kappa shape index (κ3) is 7.26. The highest BCUT2D eigenvalue weighted by molar-refractivity contribution is 7.92. The summed E-state index contributed by atoms with van der Waals surface area (Å²) in [5, 5.41) is 9.61. The molecule has 6 rings (SSSR count). The number of nitrogens with zero attached hydrogens (tertiary/aromatic N) is 5. The Morgan fingerprint density at radius 2 is 1.83 bits per heavy atom. The Hall–Kier alpha value is -4.47. The summed E-state index contributed by atoms with van der Waals surface area (Å²) in [5.41, 5.74) is 2.52. The lowest BCUT2D eigenvalue weighted by Crippen LogP contribution is -2.37. The normalized spacial score (nSPS) is 16.4. The molecule has 47 heavy (non-hydrogen) atoms. The van der Waals surface area contributed by atoms with Crippen LogP contribution in [0.15, 0.2) is 42.6 Å². The topological polar surface area (TPSA) is 147 Å². The summed E-state index contributed by atoms with van der Waals surface area (Å²) in [5.74, 6) is -1.76. The standard InChI is InChI=1S/C32H34F2N6O6S/c1-45-30-27(38-47(2,43)44)15-21(17-35-30)28-25-16-23(33)13-22(29(25)37-32(36-28)40-9-11-46-12-10-40)18-39-7-5-19(6-8-39)24-4-3-20(31(41)42)14-26(24)34/h3-4,13-17,19,38H,5-12,18H2,1-2H3,(H,41,42). The van der Waals surface area contributed by atoms with Crippen molar-refractivity contribution in [1.29, 1.82) is 0 Å². The number of hydrogen-bond acceptors (Lipinski definition) is 10. The van der Waals surface area contributed by atoms with Crippen molar-refractivity contribution in [3.05, 3.63) is 70.9 Å². The van der Waals surface area contributed by atoms with E-state index < -0.39 is 27.6 Å². The number of likely N-dealkylation sites (tertiary alicyclic amines) is 1. The van der Waals surface area contributed by atoms with E-state index in [1.54, 1.807) is 12.1 Å². The number of nitrogens with one attached hydrogen (secondary N) is 1. The molecule has 4 aromatic rings. The van der Waals surface area contributed by atoms with Crippen LogP contribution in [0.2, 0.25) is 0 Å². The van der Waals surface area contributed by atoms with Crippen LogP contribution in [0.5, 0.6) is 5.88 Å². The van der Waals surface area contributed by atoms with Gasteiger partial charge in [-0.2, -0.15) is 0 Å². The van der Waals surface area contributed by atoms with Crippen molar-refractivity contribution in [2.75, 3.05) is 62.4 Å². The smallest absolute Gasteiger partial charge is 0.335 e. The number of anilines is 2. The molecule has 2 aromatic carbocycles. The molecule has 0 bridgehead atoms. The Labute approximate surface area is 270 Å². The summed E-state index contributed by atoms with van der Waals surface area (Å²) < 4.78 is 67.5. The molecule has 248 valence electrons. The molecule has 4 heterocycles. The molecule has 0 amide bonds. The molecule has 15 heteroatoms. The van der Waals surface area contributed by atoms with E-state index in [2.05, 4.69) is 14.6 Å². The van der Waals surface area contributed by atoms with Crippen LogP contribution in [0.3, 0.4) is 0 Å². The molecule has 0 radical (unpaired) electrons. The summed E-state index contributed by atoms with van der Waals surface area (Å²) in [6.07, 6.45) is 3.80. The number of aromatic nitrogens is 3. The van der Waals surface area contributed by atoms with Gasteiger partial charge in [0.25, 0.3) is 0 Å². The Morgan fingerprint density at radius 1 is 1.09 bits per heavy atom. The lowest BCUT2D eigenvalue weighted by atomic mass is 9.88. The van der Waals surface area contributed by atoms with Gasteiger partial charge in [0.15, 0.2) is 0 Å². The number of methoxy groups -OCH3 is 1. The van der Waals surface area contributed by atoms with E-state index in [1.807, 2.05) is 4.90 Å². The number of carboxylic acid groups (broad SMARTS) is 1. The molecule has 12 nitrogen and oxygen atoms in total. The first-order chi connectivity index (χ1) is 22.5. The van der Waals surface area contributed by atoms with Crippen molar-refractivity contribution in [3.8, 4) is 17.1 Å². The minimum absolute atomic E-state index is 0.0684. The van der Waals surface area contributed by atoms with Gasteiger partial charge in [0.05, 0.1) is 43.4 Å². The van der Waals surface area contributed by atoms with Gasteiger partial charge in [-0.15, -0.1) is 0 Å². The molecule has 2 aliphatic heterocycles. The molecule has 0 spiro atoms. The number of sulfonamides is 1. The second kappa shape index (κ2) is 13.3. The van der Waals surface area contributed by atoms with Crippen molar-refractivity contribution in [2.45, 2.75) is 25.3 Å². The number of carboxylic acids is 1. The Kier molecular flexibility index (Phi) is 9.21. The third-order valence-corrected chi connectivity index (χ3v) is 9.00. The lowest BCUT2D eigenvalue weighted by Gasteiger charge is -2.32. The predicted molar refractivity (Wildman–Crippen MR) is 171 cm³/mol. The van der Waals surface area contributed by atoms with Crippen LogP contribution in [-0.4, -0.2) is 92.1 Å². The Bertz CT molecular complexity index is 1930. The fourth-order valence-electron chi connectivity index (χ4n) is 6.15. The van der Waals surface area contributed by atoms with Crippen LogP contribution in [0.25, 0.3) is 22.2 Å². The molecule has 0 aliphatic carbocycles. The fourth-order valence-corrected chi connectivity index (χ4v) is 6.70. The maximum absolute atomic E-state index is 15.3. The Morgan fingerprint density at radius 3 is 2.49 bits per heavy atom. The number of morpholine rings is 1. The van der Waals surface area contributed by atoms with Gasteiger partial charge in [-0.3, -0.25) is 9.62 Å². The van der Waals surface area contributed by atoms with E-state index in [-0.39, 0.29) is 23.0 Å². The molecule has 2 aromatic heterocycles. The second-order valence-electron chi connectivity index (χ2n) is 11.7. The SMILES string of the molecule is COc1ncc(-c2nc(N3CCOCC3)nc3c(CN4CCC(c5ccc(C(=O)O)cc5F)CC4)cc(F)cc23)cc1NS(C)(=O)=O. The predicted octanol–water partition coefficient (Wildman–Crippen LogP) is 4.26. The lowest BCUT2D eigenvalue weighted by molar-refractivity contribution is 0.0696. The first kappa shape index (κ1) is 32.5. The molecule has 2 aliphatic rings. The highest BCUT2D eigenvalue weighted by Gasteiger charge is 2.26. The van der Waals surface area contributed by atoms with Gasteiger partial charge >= 0.3 is 5.97 Å². The average Bonchev–Trinajstić information content (AvgIpc) is 3.04. The minimum Gasteiger partial charge on any atom is -0.480 e. The number of rotatable bonds is 9. The molecular weight excluding hydrogens is 634 g/mol. The van der Waals surface area contributed by atoms with Crippen molar-refractivity contribution < 1.29 is 36.6 Å². The van der Waals surface area contributed by atoms with Crippen molar-refractivity contribution in [3.63, 3.8) is 0 Å². The van der Waals surface area contributed by atoms with Crippen LogP contribution in [0, 0.1) is 11.6 Å². The van der Waals surface area contributed by atoms with Gasteiger partial charge in [-0.05, 0) is 73.3 Å². The van der Waals surface area contributed by atoms with Crippen LogP contribution >= 0.6 is 0 Å². The van der Waals surface area contributed by atoms with Crippen molar-refractivity contribution in [1.82, 2.24) is 19.9 Å². The zero-order valence-corrected chi connectivity index (χ0v) is 26.7. The molecule has 2 fully saturated rings. The number of ether oxygens (including phenoxy) is 2. The third-order valence-electron chi connectivity index (χ3n) is 8.41. The largest absolute Gasteiger partial charge is 0.480 e. The summed E-state index contributed by atoms with van der Waals surface area (Å²) >= 11 is 0. The van der Waals surface area contributed by atoms with Crippen LogP contribution in [-0.2, 0) is 21.3 Å². The highest BCUT2D eigenvalue weighted by Crippen LogP contribution is 2.36. The summed E-state index contributed by atoms with van der Waals surface area (Å²) in [4.78, 5) is 29.4. The van der Waals surface area contributed by atoms with Gasteiger partial charge in [-0.25, -0.2) is 36.9 Å². The van der Waals surface area contributed by atoms with E-state index in [9.17, 15) is 22.7 Å². The maximum Gasteiger partial charge on any atom is 0.335 e. The quantitative estimate of drug-likeness (QED) is 0.264. The number of piperidine rings is 1. The molecule has 2 N–H and O–H groups in total. The maximum atomic E-state index is 15.3. The first-order valence-electron chi connectivity index (χ1n) is 15.1.